The number of hydrogen-bond acceptors (Lipinski definition) is 5. The highest BCUT2D eigenvalue weighted by Crippen LogP contribution is 2.40. The number of urea groups is 1. The van der Waals surface area contributed by atoms with E-state index in [1.807, 2.05) is 20.8 Å². The van der Waals surface area contributed by atoms with Crippen LogP contribution in [-0.4, -0.2) is 45.1 Å². The van der Waals surface area contributed by atoms with Gasteiger partial charge in [-0.2, -0.15) is 0 Å². The summed E-state index contributed by atoms with van der Waals surface area (Å²) in [4.78, 5) is 12.1. The zero-order chi connectivity index (χ0) is 18.1. The monoisotopic (exact) mass is 352 g/mol. The van der Waals surface area contributed by atoms with Gasteiger partial charge in [-0.05, 0) is 33.6 Å². The predicted molar refractivity (Wildman–Crippen MR) is 95.9 cm³/mol. The van der Waals surface area contributed by atoms with Crippen molar-refractivity contribution in [1.82, 2.24) is 5.32 Å². The molecule has 0 aromatic heterocycles. The summed E-state index contributed by atoms with van der Waals surface area (Å²) in [6.45, 7) is 8.42. The molecule has 1 aromatic rings. The number of amides is 2. The Morgan fingerprint density at radius 3 is 2.28 bits per heavy atom. The lowest BCUT2D eigenvalue weighted by Gasteiger charge is -2.18. The van der Waals surface area contributed by atoms with Gasteiger partial charge in [-0.1, -0.05) is 0 Å². The van der Waals surface area contributed by atoms with Crippen LogP contribution in [-0.2, 0) is 4.74 Å². The minimum atomic E-state index is -0.287. The molecule has 2 N–H and O–H groups in total. The first-order chi connectivity index (χ1) is 12.2. The first-order valence-corrected chi connectivity index (χ1v) is 8.90. The zero-order valence-electron chi connectivity index (χ0n) is 15.2. The fraction of sp³-hybridized carbons (Fsp3) is 0.611. The third-order valence-electron chi connectivity index (χ3n) is 3.68. The number of benzene rings is 1. The van der Waals surface area contributed by atoms with Gasteiger partial charge in [0.25, 0.3) is 0 Å². The molecule has 0 aliphatic carbocycles. The highest BCUT2D eigenvalue weighted by atomic mass is 16.5. The summed E-state index contributed by atoms with van der Waals surface area (Å²) < 4.78 is 22.4. The van der Waals surface area contributed by atoms with Gasteiger partial charge in [0.2, 0.25) is 5.75 Å². The van der Waals surface area contributed by atoms with E-state index in [0.717, 1.165) is 19.4 Å². The maximum absolute atomic E-state index is 12.1. The van der Waals surface area contributed by atoms with Crippen molar-refractivity contribution < 1.29 is 23.7 Å². The molecule has 7 nitrogen and oxygen atoms in total. The molecule has 1 heterocycles. The van der Waals surface area contributed by atoms with E-state index in [1.165, 1.54) is 0 Å². The lowest BCUT2D eigenvalue weighted by Crippen LogP contribution is -2.35. The quantitative estimate of drug-likeness (QED) is 0.714. The molecule has 1 saturated heterocycles. The van der Waals surface area contributed by atoms with Crippen molar-refractivity contribution in [2.45, 2.75) is 39.7 Å². The molecule has 140 valence electrons. The third kappa shape index (κ3) is 5.70. The van der Waals surface area contributed by atoms with Crippen molar-refractivity contribution in [1.29, 1.82) is 0 Å². The minimum Gasteiger partial charge on any atom is -0.490 e. The van der Waals surface area contributed by atoms with E-state index in [2.05, 4.69) is 10.6 Å². The number of anilines is 1. The molecule has 0 radical (unpaired) electrons. The number of nitrogens with one attached hydrogen (secondary N) is 2. The van der Waals surface area contributed by atoms with Crippen molar-refractivity contribution in [3.8, 4) is 17.2 Å². The summed E-state index contributed by atoms with van der Waals surface area (Å²) in [7, 11) is 0. The second-order valence-electron chi connectivity index (χ2n) is 5.57. The minimum absolute atomic E-state index is 0.101. The standard InChI is InChI=1S/C18H28N2O5/c1-4-22-15-10-13(11-16(23-5-2)17(15)24-6-3)20-18(21)19-12-14-8-7-9-25-14/h10-11,14H,4-9,12H2,1-3H3,(H2,19,20,21). The van der Waals surface area contributed by atoms with Gasteiger partial charge in [-0.15, -0.1) is 0 Å². The molecule has 0 saturated carbocycles. The molecule has 1 fully saturated rings. The first-order valence-electron chi connectivity index (χ1n) is 8.90. The molecule has 2 rings (SSSR count). The van der Waals surface area contributed by atoms with Gasteiger partial charge in [-0.3, -0.25) is 0 Å². The molecule has 1 aliphatic rings. The van der Waals surface area contributed by atoms with Crippen molar-refractivity contribution in [2.24, 2.45) is 0 Å². The van der Waals surface area contributed by atoms with Crippen LogP contribution in [0.4, 0.5) is 10.5 Å². The Hall–Kier alpha value is -2.15. The molecular formula is C18H28N2O5. The normalized spacial score (nSPS) is 16.4. The fourth-order valence-electron chi connectivity index (χ4n) is 2.65. The highest BCUT2D eigenvalue weighted by Gasteiger charge is 2.18. The molecular weight excluding hydrogens is 324 g/mol. The van der Waals surface area contributed by atoms with Crippen LogP contribution >= 0.6 is 0 Å². The summed E-state index contributed by atoms with van der Waals surface area (Å²) in [6.07, 6.45) is 2.12. The molecule has 0 bridgehead atoms. The van der Waals surface area contributed by atoms with E-state index < -0.39 is 0 Å². The maximum Gasteiger partial charge on any atom is 0.319 e. The van der Waals surface area contributed by atoms with Crippen molar-refractivity contribution in [3.63, 3.8) is 0 Å². The van der Waals surface area contributed by atoms with E-state index in [-0.39, 0.29) is 12.1 Å². The SMILES string of the molecule is CCOc1cc(NC(=O)NCC2CCCO2)cc(OCC)c1OCC. The molecule has 1 atom stereocenters. The highest BCUT2D eigenvalue weighted by molar-refractivity contribution is 5.90. The first kappa shape index (κ1) is 19.2. The largest absolute Gasteiger partial charge is 0.490 e. The van der Waals surface area contributed by atoms with Crippen molar-refractivity contribution in [2.75, 3.05) is 38.3 Å². The topological polar surface area (TPSA) is 78.1 Å². The molecule has 1 aliphatic heterocycles. The maximum atomic E-state index is 12.1. The number of hydrogen-bond donors (Lipinski definition) is 2. The Bertz CT molecular complexity index is 531. The predicted octanol–water partition coefficient (Wildman–Crippen LogP) is 3.18. The second-order valence-corrected chi connectivity index (χ2v) is 5.57. The van der Waals surface area contributed by atoms with Gasteiger partial charge in [0.05, 0.1) is 31.6 Å². The number of carbonyl (C=O) groups is 1. The van der Waals surface area contributed by atoms with Crippen LogP contribution in [0.3, 0.4) is 0 Å². The lowest BCUT2D eigenvalue weighted by molar-refractivity contribution is 0.112. The van der Waals surface area contributed by atoms with Gasteiger partial charge in [0.1, 0.15) is 0 Å². The molecule has 0 spiro atoms. The third-order valence-corrected chi connectivity index (χ3v) is 3.68. The van der Waals surface area contributed by atoms with Gasteiger partial charge in [0.15, 0.2) is 11.5 Å². The Kier molecular flexibility index (Phi) is 7.66. The van der Waals surface area contributed by atoms with E-state index >= 15 is 0 Å². The lowest BCUT2D eigenvalue weighted by atomic mass is 10.2. The van der Waals surface area contributed by atoms with E-state index in [4.69, 9.17) is 18.9 Å². The Morgan fingerprint density at radius 2 is 1.76 bits per heavy atom. The van der Waals surface area contributed by atoms with E-state index in [1.54, 1.807) is 12.1 Å². The van der Waals surface area contributed by atoms with Gasteiger partial charge < -0.3 is 29.6 Å². The molecule has 7 heteroatoms. The van der Waals surface area contributed by atoms with Crippen LogP contribution in [0, 0.1) is 0 Å². The molecule has 1 aromatic carbocycles. The Morgan fingerprint density at radius 1 is 1.12 bits per heavy atom. The van der Waals surface area contributed by atoms with Gasteiger partial charge in [0, 0.05) is 25.3 Å². The summed E-state index contributed by atoms with van der Waals surface area (Å²) in [5.41, 5.74) is 0.584. The van der Waals surface area contributed by atoms with Crippen LogP contribution in [0.15, 0.2) is 12.1 Å². The van der Waals surface area contributed by atoms with Crippen LogP contribution in [0.2, 0.25) is 0 Å². The fourth-order valence-corrected chi connectivity index (χ4v) is 2.65. The zero-order valence-corrected chi connectivity index (χ0v) is 15.2. The second kappa shape index (κ2) is 9.98. The van der Waals surface area contributed by atoms with Crippen LogP contribution in [0.5, 0.6) is 17.2 Å². The smallest absolute Gasteiger partial charge is 0.319 e. The van der Waals surface area contributed by atoms with E-state index in [0.29, 0.717) is 49.3 Å². The Balaban J connectivity index is 2.08. The van der Waals surface area contributed by atoms with Gasteiger partial charge in [-0.25, -0.2) is 4.79 Å². The Labute approximate surface area is 149 Å². The van der Waals surface area contributed by atoms with Crippen LogP contribution in [0.25, 0.3) is 0 Å². The van der Waals surface area contributed by atoms with Gasteiger partial charge >= 0.3 is 6.03 Å². The molecule has 25 heavy (non-hydrogen) atoms. The summed E-state index contributed by atoms with van der Waals surface area (Å²) >= 11 is 0. The number of ether oxygens (including phenoxy) is 4. The number of rotatable bonds is 9. The van der Waals surface area contributed by atoms with Crippen molar-refractivity contribution >= 4 is 11.7 Å². The van der Waals surface area contributed by atoms with Crippen LogP contribution < -0.4 is 24.8 Å². The summed E-state index contributed by atoms with van der Waals surface area (Å²) in [5.74, 6) is 1.64. The average Bonchev–Trinajstić information content (AvgIpc) is 3.10. The van der Waals surface area contributed by atoms with Crippen LogP contribution in [0.1, 0.15) is 33.6 Å². The van der Waals surface area contributed by atoms with E-state index in [9.17, 15) is 4.79 Å². The average molecular weight is 352 g/mol. The number of carbonyl (C=O) groups excluding carboxylic acids is 1. The molecule has 1 unspecified atom stereocenters. The molecule has 2 amide bonds. The van der Waals surface area contributed by atoms with Crippen molar-refractivity contribution in [3.05, 3.63) is 12.1 Å². The summed E-state index contributed by atoms with van der Waals surface area (Å²) in [5, 5.41) is 5.64. The summed E-state index contributed by atoms with van der Waals surface area (Å²) in [6, 6.07) is 3.19.